The van der Waals surface area contributed by atoms with Crippen LogP contribution in [0.2, 0.25) is 0 Å². The molecule has 4 aromatic rings. The number of ether oxygens (including phenoxy) is 3. The number of hydrogen-bond acceptors (Lipinski definition) is 8. The van der Waals surface area contributed by atoms with Crippen LogP contribution < -0.4 is 14.8 Å². The van der Waals surface area contributed by atoms with Crippen LogP contribution in [-0.4, -0.2) is 33.3 Å². The molecule has 38 heavy (non-hydrogen) atoms. The van der Waals surface area contributed by atoms with Crippen LogP contribution in [0.5, 0.6) is 11.5 Å². The average molecular weight is 576 g/mol. The van der Waals surface area contributed by atoms with E-state index in [4.69, 9.17) is 14.2 Å². The second-order valence-electron chi connectivity index (χ2n) is 8.82. The second kappa shape index (κ2) is 11.1. The largest absolute Gasteiger partial charge is 0.493 e. The zero-order valence-corrected chi connectivity index (χ0v) is 22.7. The third-order valence-electron chi connectivity index (χ3n) is 6.35. The quantitative estimate of drug-likeness (QED) is 0.280. The van der Waals surface area contributed by atoms with Crippen LogP contribution in [0.1, 0.15) is 35.2 Å². The molecule has 9 nitrogen and oxygen atoms in total. The molecule has 0 amide bonds. The van der Waals surface area contributed by atoms with E-state index in [1.807, 2.05) is 73.7 Å². The molecule has 1 atom stereocenters. The molecular weight excluding hydrogens is 550 g/mol. The van der Waals surface area contributed by atoms with Crippen molar-refractivity contribution in [3.8, 4) is 11.5 Å². The molecule has 1 aliphatic heterocycles. The molecule has 0 saturated carbocycles. The first-order valence-corrected chi connectivity index (χ1v) is 12.8. The summed E-state index contributed by atoms with van der Waals surface area (Å²) in [5.74, 6) is 1.01. The van der Waals surface area contributed by atoms with Gasteiger partial charge in [-0.05, 0) is 74.6 Å². The SMILES string of the molecule is COc1cc(C2C(C(=O)OCc3ccccc3)=C(C)Nc3nnnn32)cc(Br)c1OCc1ccccc1C. The van der Waals surface area contributed by atoms with E-state index in [0.717, 1.165) is 22.3 Å². The molecule has 1 aliphatic rings. The van der Waals surface area contributed by atoms with Crippen molar-refractivity contribution in [3.63, 3.8) is 0 Å². The summed E-state index contributed by atoms with van der Waals surface area (Å²) in [4.78, 5) is 13.4. The van der Waals surface area contributed by atoms with Gasteiger partial charge in [-0.3, -0.25) is 0 Å². The van der Waals surface area contributed by atoms with Crippen molar-refractivity contribution < 1.29 is 19.0 Å². The number of methoxy groups -OCH3 is 1. The molecule has 0 bridgehead atoms. The normalized spacial score (nSPS) is 14.5. The summed E-state index contributed by atoms with van der Waals surface area (Å²) in [7, 11) is 1.58. The first kappa shape index (κ1) is 25.5. The number of allylic oxidation sites excluding steroid dienone is 1. The molecular formula is C28H26BrN5O4. The molecule has 194 valence electrons. The van der Waals surface area contributed by atoms with Crippen molar-refractivity contribution in [1.82, 2.24) is 20.2 Å². The van der Waals surface area contributed by atoms with Gasteiger partial charge in [0.2, 0.25) is 5.95 Å². The summed E-state index contributed by atoms with van der Waals surface area (Å²) in [6.07, 6.45) is 0. The van der Waals surface area contributed by atoms with Gasteiger partial charge in [0.15, 0.2) is 11.5 Å². The number of carbonyl (C=O) groups excluding carboxylic acids is 1. The Balaban J connectivity index is 1.48. The maximum absolute atomic E-state index is 13.4. The minimum atomic E-state index is -0.653. The average Bonchev–Trinajstić information content (AvgIpc) is 3.39. The highest BCUT2D eigenvalue weighted by Gasteiger charge is 2.36. The highest BCUT2D eigenvalue weighted by molar-refractivity contribution is 9.10. The predicted molar refractivity (Wildman–Crippen MR) is 145 cm³/mol. The van der Waals surface area contributed by atoms with Gasteiger partial charge in [0, 0.05) is 5.70 Å². The highest BCUT2D eigenvalue weighted by Crippen LogP contribution is 2.43. The Morgan fingerprint density at radius 3 is 2.58 bits per heavy atom. The van der Waals surface area contributed by atoms with Crippen molar-refractivity contribution in [3.05, 3.63) is 105 Å². The summed E-state index contributed by atoms with van der Waals surface area (Å²) >= 11 is 3.65. The van der Waals surface area contributed by atoms with Crippen LogP contribution in [0.4, 0.5) is 5.95 Å². The summed E-state index contributed by atoms with van der Waals surface area (Å²) in [5.41, 5.74) is 4.82. The zero-order chi connectivity index (χ0) is 26.6. The smallest absolute Gasteiger partial charge is 0.338 e. The Hall–Kier alpha value is -4.18. The minimum absolute atomic E-state index is 0.143. The lowest BCUT2D eigenvalue weighted by Crippen LogP contribution is -2.29. The third kappa shape index (κ3) is 5.12. The van der Waals surface area contributed by atoms with Crippen LogP contribution in [0, 0.1) is 6.92 Å². The number of esters is 1. The summed E-state index contributed by atoms with van der Waals surface area (Å²) < 4.78 is 19.8. The van der Waals surface area contributed by atoms with Crippen LogP contribution in [0.15, 0.2) is 82.5 Å². The van der Waals surface area contributed by atoms with Gasteiger partial charge in [-0.25, -0.2) is 4.79 Å². The van der Waals surface area contributed by atoms with E-state index in [1.54, 1.807) is 18.7 Å². The summed E-state index contributed by atoms with van der Waals surface area (Å²) in [6, 6.07) is 20.6. The molecule has 1 N–H and O–H groups in total. The number of hydrogen-bond donors (Lipinski definition) is 1. The number of rotatable bonds is 8. The third-order valence-corrected chi connectivity index (χ3v) is 6.94. The van der Waals surface area contributed by atoms with E-state index < -0.39 is 12.0 Å². The number of carbonyl (C=O) groups is 1. The highest BCUT2D eigenvalue weighted by atomic mass is 79.9. The zero-order valence-electron chi connectivity index (χ0n) is 21.1. The van der Waals surface area contributed by atoms with Crippen LogP contribution >= 0.6 is 15.9 Å². The van der Waals surface area contributed by atoms with Crippen molar-refractivity contribution in [2.45, 2.75) is 33.1 Å². The number of benzene rings is 3. The first-order chi connectivity index (χ1) is 18.5. The number of tetrazole rings is 1. The maximum Gasteiger partial charge on any atom is 0.338 e. The van der Waals surface area contributed by atoms with E-state index in [0.29, 0.717) is 39.8 Å². The number of fused-ring (bicyclic) bond motifs is 1. The molecule has 2 heterocycles. The fourth-order valence-corrected chi connectivity index (χ4v) is 4.92. The summed E-state index contributed by atoms with van der Waals surface area (Å²) in [6.45, 7) is 4.37. The lowest BCUT2D eigenvalue weighted by Gasteiger charge is -2.28. The van der Waals surface area contributed by atoms with Crippen LogP contribution in [0.25, 0.3) is 0 Å². The van der Waals surface area contributed by atoms with Crippen molar-refractivity contribution in [2.24, 2.45) is 0 Å². The molecule has 0 fully saturated rings. The molecule has 10 heteroatoms. The molecule has 3 aromatic carbocycles. The fraction of sp³-hybridized carbons (Fsp3) is 0.214. The van der Waals surface area contributed by atoms with Gasteiger partial charge in [-0.2, -0.15) is 4.68 Å². The van der Waals surface area contributed by atoms with Crippen LogP contribution in [-0.2, 0) is 22.7 Å². The number of aromatic nitrogens is 4. The predicted octanol–water partition coefficient (Wildman–Crippen LogP) is 5.36. The van der Waals surface area contributed by atoms with Gasteiger partial charge in [0.05, 0.1) is 17.2 Å². The number of halogens is 1. The molecule has 0 radical (unpaired) electrons. The molecule has 1 unspecified atom stereocenters. The van der Waals surface area contributed by atoms with Crippen molar-refractivity contribution in [1.29, 1.82) is 0 Å². The van der Waals surface area contributed by atoms with Crippen molar-refractivity contribution in [2.75, 3.05) is 12.4 Å². The van der Waals surface area contributed by atoms with Gasteiger partial charge in [0.25, 0.3) is 0 Å². The van der Waals surface area contributed by atoms with Gasteiger partial charge in [0.1, 0.15) is 19.3 Å². The Bertz CT molecular complexity index is 1500. The Kier molecular flexibility index (Phi) is 7.41. The van der Waals surface area contributed by atoms with E-state index in [1.165, 1.54) is 0 Å². The van der Waals surface area contributed by atoms with Gasteiger partial charge >= 0.3 is 5.97 Å². The molecule has 0 spiro atoms. The lowest BCUT2D eigenvalue weighted by atomic mass is 9.95. The van der Waals surface area contributed by atoms with E-state index in [9.17, 15) is 4.79 Å². The van der Waals surface area contributed by atoms with E-state index in [2.05, 4.69) is 36.8 Å². The summed E-state index contributed by atoms with van der Waals surface area (Å²) in [5, 5.41) is 15.1. The van der Waals surface area contributed by atoms with Gasteiger partial charge < -0.3 is 19.5 Å². The van der Waals surface area contributed by atoms with E-state index >= 15 is 0 Å². The lowest BCUT2D eigenvalue weighted by molar-refractivity contribution is -0.140. The van der Waals surface area contributed by atoms with Crippen LogP contribution in [0.3, 0.4) is 0 Å². The number of nitrogens with zero attached hydrogens (tertiary/aromatic N) is 4. The van der Waals surface area contributed by atoms with Gasteiger partial charge in [-0.15, -0.1) is 0 Å². The number of anilines is 1. The topological polar surface area (TPSA) is 100 Å². The Morgan fingerprint density at radius 2 is 1.82 bits per heavy atom. The first-order valence-electron chi connectivity index (χ1n) is 12.0. The van der Waals surface area contributed by atoms with E-state index in [-0.39, 0.29) is 6.61 Å². The van der Waals surface area contributed by atoms with Gasteiger partial charge in [-0.1, -0.05) is 59.7 Å². The molecule has 1 aromatic heterocycles. The monoisotopic (exact) mass is 575 g/mol. The maximum atomic E-state index is 13.4. The standard InChI is InChI=1S/C28H26BrN5O4/c1-17-9-7-8-12-20(17)16-37-26-22(29)13-21(14-23(26)36-3)25-24(18(2)30-28-31-32-33-34(25)28)27(35)38-15-19-10-5-4-6-11-19/h4-14,25H,15-16H2,1-3H3,(H,30,31,33). The number of aryl methyl sites for hydroxylation is 1. The Morgan fingerprint density at radius 1 is 1.05 bits per heavy atom. The van der Waals surface area contributed by atoms with Crippen molar-refractivity contribution >= 4 is 27.8 Å². The fourth-order valence-electron chi connectivity index (χ4n) is 4.35. The second-order valence-corrected chi connectivity index (χ2v) is 9.68. The Labute approximate surface area is 228 Å². The minimum Gasteiger partial charge on any atom is -0.493 e. The number of nitrogens with one attached hydrogen (secondary N) is 1. The molecule has 0 saturated heterocycles. The molecule has 5 rings (SSSR count). The molecule has 0 aliphatic carbocycles.